The lowest BCUT2D eigenvalue weighted by Gasteiger charge is -2.19. The molecule has 1 unspecified atom stereocenters. The third-order valence-electron chi connectivity index (χ3n) is 3.12. The molecule has 0 spiro atoms. The average Bonchev–Trinajstić information content (AvgIpc) is 2.45. The number of nitro benzene ring substituents is 1. The van der Waals surface area contributed by atoms with Crippen LogP contribution in [-0.2, 0) is 16.0 Å². The van der Waals surface area contributed by atoms with E-state index in [2.05, 4.69) is 10.6 Å². The molecule has 0 radical (unpaired) electrons. The number of hydrogen-bond donors (Lipinski definition) is 2. The van der Waals surface area contributed by atoms with Crippen LogP contribution in [0.25, 0.3) is 0 Å². The summed E-state index contributed by atoms with van der Waals surface area (Å²) in [4.78, 5) is 33.9. The van der Waals surface area contributed by atoms with E-state index in [1.165, 1.54) is 31.3 Å². The van der Waals surface area contributed by atoms with E-state index in [9.17, 15) is 19.7 Å². The van der Waals surface area contributed by atoms with Crippen LogP contribution in [-0.4, -0.2) is 29.8 Å². The Hall–Kier alpha value is -2.44. The second kappa shape index (κ2) is 8.11. The Bertz CT molecular complexity index is 540. The summed E-state index contributed by atoms with van der Waals surface area (Å²) in [5.74, 6) is -0.254. The zero-order chi connectivity index (χ0) is 16.7. The molecule has 1 aromatic rings. The average molecular weight is 307 g/mol. The highest BCUT2D eigenvalue weighted by atomic mass is 16.6. The molecule has 0 aliphatic rings. The maximum Gasteiger partial charge on any atom is 0.269 e. The largest absolute Gasteiger partial charge is 0.357 e. The van der Waals surface area contributed by atoms with Gasteiger partial charge in [0.15, 0.2) is 0 Å². The van der Waals surface area contributed by atoms with Crippen molar-refractivity contribution in [3.05, 3.63) is 39.9 Å². The van der Waals surface area contributed by atoms with Crippen molar-refractivity contribution in [2.24, 2.45) is 5.92 Å². The Balaban J connectivity index is 2.66. The molecule has 0 saturated heterocycles. The van der Waals surface area contributed by atoms with Gasteiger partial charge in [-0.2, -0.15) is 0 Å². The molecule has 0 bridgehead atoms. The number of benzene rings is 1. The van der Waals surface area contributed by atoms with Crippen LogP contribution in [0.2, 0.25) is 0 Å². The van der Waals surface area contributed by atoms with Gasteiger partial charge in [0.2, 0.25) is 11.8 Å². The molecular weight excluding hydrogens is 286 g/mol. The summed E-state index contributed by atoms with van der Waals surface area (Å²) < 4.78 is 0. The minimum absolute atomic E-state index is 0.0211. The number of carbonyl (C=O) groups excluding carboxylic acids is 2. The Morgan fingerprint density at radius 3 is 2.27 bits per heavy atom. The molecule has 22 heavy (non-hydrogen) atoms. The number of non-ortho nitro benzene ring substituents is 1. The van der Waals surface area contributed by atoms with Crippen LogP contribution in [0, 0.1) is 16.0 Å². The second-order valence-corrected chi connectivity index (χ2v) is 5.46. The standard InChI is InChI=1S/C15H21N3O4/c1-10(2)8-13(15(20)16-3)17-14(19)9-11-4-6-12(7-5-11)18(21)22/h4-7,10,13H,8-9H2,1-3H3,(H,16,20)(H,17,19). The fraction of sp³-hybridized carbons (Fsp3) is 0.467. The first kappa shape index (κ1) is 17.6. The normalized spacial score (nSPS) is 11.8. The molecular formula is C15H21N3O4. The highest BCUT2D eigenvalue weighted by molar-refractivity contribution is 5.88. The van der Waals surface area contributed by atoms with E-state index in [-0.39, 0.29) is 29.8 Å². The van der Waals surface area contributed by atoms with Crippen LogP contribution in [0.3, 0.4) is 0 Å². The number of nitro groups is 1. The van der Waals surface area contributed by atoms with Gasteiger partial charge in [0.25, 0.3) is 5.69 Å². The van der Waals surface area contributed by atoms with Crippen molar-refractivity contribution in [3.8, 4) is 0 Å². The van der Waals surface area contributed by atoms with E-state index in [0.717, 1.165) is 0 Å². The molecule has 2 N–H and O–H groups in total. The smallest absolute Gasteiger partial charge is 0.269 e. The van der Waals surface area contributed by atoms with Crippen molar-refractivity contribution in [2.75, 3.05) is 7.05 Å². The number of nitrogens with one attached hydrogen (secondary N) is 2. The highest BCUT2D eigenvalue weighted by Crippen LogP contribution is 2.12. The lowest BCUT2D eigenvalue weighted by atomic mass is 10.0. The summed E-state index contributed by atoms with van der Waals surface area (Å²) >= 11 is 0. The Labute approximate surface area is 129 Å². The van der Waals surface area contributed by atoms with E-state index >= 15 is 0 Å². The maximum atomic E-state index is 12.0. The van der Waals surface area contributed by atoms with E-state index in [1.807, 2.05) is 13.8 Å². The number of rotatable bonds is 7. The first-order chi connectivity index (χ1) is 10.3. The maximum absolute atomic E-state index is 12.0. The van der Waals surface area contributed by atoms with Crippen molar-refractivity contribution >= 4 is 17.5 Å². The zero-order valence-electron chi connectivity index (χ0n) is 13.0. The quantitative estimate of drug-likeness (QED) is 0.587. The number of likely N-dealkylation sites (N-methyl/N-ethyl adjacent to an activating group) is 1. The van der Waals surface area contributed by atoms with Gasteiger partial charge in [-0.3, -0.25) is 19.7 Å². The van der Waals surface area contributed by atoms with Crippen molar-refractivity contribution < 1.29 is 14.5 Å². The summed E-state index contributed by atoms with van der Waals surface area (Å²) in [6.45, 7) is 3.94. The molecule has 0 aromatic heterocycles. The first-order valence-electron chi connectivity index (χ1n) is 7.07. The van der Waals surface area contributed by atoms with Crippen LogP contribution >= 0.6 is 0 Å². The summed E-state index contributed by atoms with van der Waals surface area (Å²) in [5, 5.41) is 15.8. The highest BCUT2D eigenvalue weighted by Gasteiger charge is 2.20. The number of nitrogens with zero attached hydrogens (tertiary/aromatic N) is 1. The fourth-order valence-corrected chi connectivity index (χ4v) is 2.04. The molecule has 1 atom stereocenters. The molecule has 1 rings (SSSR count). The van der Waals surface area contributed by atoms with Crippen molar-refractivity contribution in [3.63, 3.8) is 0 Å². The van der Waals surface area contributed by atoms with E-state index in [0.29, 0.717) is 12.0 Å². The third kappa shape index (κ3) is 5.51. The first-order valence-corrected chi connectivity index (χ1v) is 7.07. The second-order valence-electron chi connectivity index (χ2n) is 5.46. The fourth-order valence-electron chi connectivity index (χ4n) is 2.04. The minimum atomic E-state index is -0.574. The van der Waals surface area contributed by atoms with Crippen LogP contribution in [0.4, 0.5) is 5.69 Å². The van der Waals surface area contributed by atoms with Gasteiger partial charge >= 0.3 is 0 Å². The molecule has 0 aliphatic carbocycles. The third-order valence-corrected chi connectivity index (χ3v) is 3.12. The van der Waals surface area contributed by atoms with Gasteiger partial charge in [0.05, 0.1) is 11.3 Å². The predicted octanol–water partition coefficient (Wildman–Crippen LogP) is 1.41. The van der Waals surface area contributed by atoms with E-state index < -0.39 is 11.0 Å². The predicted molar refractivity (Wildman–Crippen MR) is 82.3 cm³/mol. The van der Waals surface area contributed by atoms with Crippen LogP contribution in [0.15, 0.2) is 24.3 Å². The summed E-state index contributed by atoms with van der Waals surface area (Å²) in [6, 6.07) is 5.21. The van der Waals surface area contributed by atoms with E-state index in [4.69, 9.17) is 0 Å². The van der Waals surface area contributed by atoms with Gasteiger partial charge in [-0.15, -0.1) is 0 Å². The van der Waals surface area contributed by atoms with Crippen LogP contribution in [0.1, 0.15) is 25.8 Å². The van der Waals surface area contributed by atoms with Crippen LogP contribution < -0.4 is 10.6 Å². The summed E-state index contributed by atoms with van der Waals surface area (Å²) in [5.41, 5.74) is 0.635. The van der Waals surface area contributed by atoms with E-state index in [1.54, 1.807) is 0 Å². The van der Waals surface area contributed by atoms with Gasteiger partial charge < -0.3 is 10.6 Å². The number of amides is 2. The molecule has 2 amide bonds. The summed E-state index contributed by atoms with van der Waals surface area (Å²) in [6.07, 6.45) is 0.620. The van der Waals surface area contributed by atoms with Gasteiger partial charge in [-0.25, -0.2) is 0 Å². The Morgan fingerprint density at radius 2 is 1.82 bits per heavy atom. The zero-order valence-corrected chi connectivity index (χ0v) is 13.0. The molecule has 7 nitrogen and oxygen atoms in total. The van der Waals surface area contributed by atoms with Gasteiger partial charge in [0.1, 0.15) is 6.04 Å². The van der Waals surface area contributed by atoms with Gasteiger partial charge in [0, 0.05) is 19.2 Å². The number of hydrogen-bond acceptors (Lipinski definition) is 4. The molecule has 7 heteroatoms. The number of carbonyl (C=O) groups is 2. The topological polar surface area (TPSA) is 101 Å². The van der Waals surface area contributed by atoms with Crippen molar-refractivity contribution in [2.45, 2.75) is 32.7 Å². The Morgan fingerprint density at radius 1 is 1.23 bits per heavy atom. The molecule has 0 saturated carbocycles. The minimum Gasteiger partial charge on any atom is -0.357 e. The van der Waals surface area contributed by atoms with Crippen molar-refractivity contribution in [1.29, 1.82) is 0 Å². The van der Waals surface area contributed by atoms with Gasteiger partial charge in [-0.05, 0) is 17.9 Å². The van der Waals surface area contributed by atoms with Gasteiger partial charge in [-0.1, -0.05) is 26.0 Å². The van der Waals surface area contributed by atoms with Crippen LogP contribution in [0.5, 0.6) is 0 Å². The monoisotopic (exact) mass is 307 g/mol. The summed E-state index contributed by atoms with van der Waals surface area (Å²) in [7, 11) is 1.53. The molecule has 0 aliphatic heterocycles. The SMILES string of the molecule is CNC(=O)C(CC(C)C)NC(=O)Cc1ccc([N+](=O)[O-])cc1. The molecule has 0 fully saturated rings. The van der Waals surface area contributed by atoms with Crippen molar-refractivity contribution in [1.82, 2.24) is 10.6 Å². The molecule has 0 heterocycles. The lowest BCUT2D eigenvalue weighted by molar-refractivity contribution is -0.384. The lowest BCUT2D eigenvalue weighted by Crippen LogP contribution is -2.46. The molecule has 120 valence electrons. The molecule has 1 aromatic carbocycles. The Kier molecular flexibility index (Phi) is 6.49.